The van der Waals surface area contributed by atoms with Crippen molar-refractivity contribution in [2.24, 2.45) is 5.92 Å². The highest BCUT2D eigenvalue weighted by atomic mass is 19.4. The zero-order valence-corrected chi connectivity index (χ0v) is 16.8. The Morgan fingerprint density at radius 3 is 2.53 bits per heavy atom. The SMILES string of the molecule is O=C(NCC1CCCCC1)c1cnc2c(c1)CN(Cc1ccc(C(F)(F)F)cc1)C2. The predicted molar refractivity (Wildman–Crippen MR) is 108 cm³/mol. The molecule has 1 N–H and O–H groups in total. The molecular weight excluding hydrogens is 391 g/mol. The number of halogens is 3. The highest BCUT2D eigenvalue weighted by Crippen LogP contribution is 2.30. The van der Waals surface area contributed by atoms with Crippen molar-refractivity contribution in [1.82, 2.24) is 15.2 Å². The van der Waals surface area contributed by atoms with Gasteiger partial charge in [-0.2, -0.15) is 13.2 Å². The van der Waals surface area contributed by atoms with Gasteiger partial charge in [-0.15, -0.1) is 0 Å². The summed E-state index contributed by atoms with van der Waals surface area (Å²) in [6.45, 7) is 2.51. The van der Waals surface area contributed by atoms with Crippen LogP contribution >= 0.6 is 0 Å². The topological polar surface area (TPSA) is 45.2 Å². The first-order valence-corrected chi connectivity index (χ1v) is 10.5. The van der Waals surface area contributed by atoms with Gasteiger partial charge >= 0.3 is 6.18 Å². The van der Waals surface area contributed by atoms with Gasteiger partial charge < -0.3 is 5.32 Å². The molecule has 2 aromatic rings. The van der Waals surface area contributed by atoms with E-state index in [4.69, 9.17) is 0 Å². The molecule has 2 aliphatic rings. The van der Waals surface area contributed by atoms with Gasteiger partial charge in [-0.25, -0.2) is 0 Å². The van der Waals surface area contributed by atoms with Crippen molar-refractivity contribution >= 4 is 5.91 Å². The maximum Gasteiger partial charge on any atom is 0.416 e. The molecule has 160 valence electrons. The lowest BCUT2D eigenvalue weighted by atomic mass is 9.89. The molecule has 0 bridgehead atoms. The van der Waals surface area contributed by atoms with Crippen LogP contribution in [-0.4, -0.2) is 22.3 Å². The van der Waals surface area contributed by atoms with Crippen molar-refractivity contribution in [1.29, 1.82) is 0 Å². The number of aromatic nitrogens is 1. The Balaban J connectivity index is 1.33. The zero-order valence-electron chi connectivity index (χ0n) is 16.8. The van der Waals surface area contributed by atoms with Crippen LogP contribution in [0.1, 0.15) is 64.8 Å². The number of pyridine rings is 1. The van der Waals surface area contributed by atoms with Crippen LogP contribution in [0, 0.1) is 5.92 Å². The fourth-order valence-electron chi connectivity index (χ4n) is 4.35. The molecule has 1 aliphatic heterocycles. The Hall–Kier alpha value is -2.41. The Bertz CT molecular complexity index is 890. The summed E-state index contributed by atoms with van der Waals surface area (Å²) in [5.41, 5.74) is 2.68. The van der Waals surface area contributed by atoms with Crippen LogP contribution in [0.3, 0.4) is 0 Å². The summed E-state index contributed by atoms with van der Waals surface area (Å²) in [5.74, 6) is 0.487. The van der Waals surface area contributed by atoms with E-state index >= 15 is 0 Å². The van der Waals surface area contributed by atoms with Crippen molar-refractivity contribution in [3.8, 4) is 0 Å². The molecule has 2 heterocycles. The third-order valence-electron chi connectivity index (χ3n) is 6.05. The molecule has 0 radical (unpaired) electrons. The number of nitrogens with one attached hydrogen (secondary N) is 1. The maximum absolute atomic E-state index is 12.7. The number of amides is 1. The van der Waals surface area contributed by atoms with Crippen molar-refractivity contribution < 1.29 is 18.0 Å². The van der Waals surface area contributed by atoms with E-state index in [1.165, 1.54) is 44.2 Å². The summed E-state index contributed by atoms with van der Waals surface area (Å²) in [4.78, 5) is 19.1. The van der Waals surface area contributed by atoms with E-state index in [0.29, 0.717) is 31.1 Å². The number of carbonyl (C=O) groups is 1. The van der Waals surface area contributed by atoms with Gasteiger partial charge in [0.15, 0.2) is 0 Å². The molecule has 30 heavy (non-hydrogen) atoms. The van der Waals surface area contributed by atoms with Gasteiger partial charge in [-0.05, 0) is 48.1 Å². The standard InChI is InChI=1S/C23H26F3N3O/c24-23(25,26)20-8-6-17(7-9-20)13-29-14-19-10-18(12-27-21(19)15-29)22(30)28-11-16-4-2-1-3-5-16/h6-10,12,16H,1-5,11,13-15H2,(H,28,30). The van der Waals surface area contributed by atoms with Crippen LogP contribution < -0.4 is 5.32 Å². The van der Waals surface area contributed by atoms with E-state index < -0.39 is 11.7 Å². The Labute approximate surface area is 174 Å². The predicted octanol–water partition coefficient (Wildman–Crippen LogP) is 4.93. The van der Waals surface area contributed by atoms with Crippen LogP contribution in [0.15, 0.2) is 36.5 Å². The average molecular weight is 417 g/mol. The minimum Gasteiger partial charge on any atom is -0.352 e. The van der Waals surface area contributed by atoms with Gasteiger partial charge in [0, 0.05) is 32.4 Å². The number of hydrogen-bond donors (Lipinski definition) is 1. The van der Waals surface area contributed by atoms with E-state index in [-0.39, 0.29) is 5.91 Å². The number of fused-ring (bicyclic) bond motifs is 1. The third kappa shape index (κ3) is 5.01. The molecule has 1 aromatic heterocycles. The molecule has 4 nitrogen and oxygen atoms in total. The van der Waals surface area contributed by atoms with Gasteiger partial charge in [-0.3, -0.25) is 14.7 Å². The van der Waals surface area contributed by atoms with Gasteiger partial charge in [0.2, 0.25) is 0 Å². The van der Waals surface area contributed by atoms with Crippen molar-refractivity contribution in [2.75, 3.05) is 6.54 Å². The van der Waals surface area contributed by atoms with Crippen molar-refractivity contribution in [2.45, 2.75) is 57.9 Å². The second-order valence-electron chi connectivity index (χ2n) is 8.38. The third-order valence-corrected chi connectivity index (χ3v) is 6.05. The first kappa shape index (κ1) is 20.8. The van der Waals surface area contributed by atoms with E-state index in [1.807, 2.05) is 6.07 Å². The highest BCUT2D eigenvalue weighted by Gasteiger charge is 2.30. The van der Waals surface area contributed by atoms with Crippen LogP contribution in [-0.2, 0) is 25.8 Å². The molecule has 7 heteroatoms. The summed E-state index contributed by atoms with van der Waals surface area (Å²) < 4.78 is 38.1. The largest absolute Gasteiger partial charge is 0.416 e. The molecule has 0 spiro atoms. The summed E-state index contributed by atoms with van der Waals surface area (Å²) >= 11 is 0. The molecule has 0 unspecified atom stereocenters. The molecule has 1 amide bonds. The normalized spacial score (nSPS) is 17.7. The van der Waals surface area contributed by atoms with E-state index in [0.717, 1.165) is 35.5 Å². The molecular formula is C23H26F3N3O. The van der Waals surface area contributed by atoms with Gasteiger partial charge in [-0.1, -0.05) is 31.4 Å². The monoisotopic (exact) mass is 417 g/mol. The quantitative estimate of drug-likeness (QED) is 0.751. The second-order valence-corrected chi connectivity index (χ2v) is 8.38. The molecule has 1 fully saturated rings. The lowest BCUT2D eigenvalue weighted by Crippen LogP contribution is -2.30. The van der Waals surface area contributed by atoms with E-state index in [2.05, 4.69) is 15.2 Å². The number of carbonyl (C=O) groups excluding carboxylic acids is 1. The zero-order chi connectivity index (χ0) is 21.1. The summed E-state index contributed by atoms with van der Waals surface area (Å²) in [7, 11) is 0. The molecule has 1 aromatic carbocycles. The van der Waals surface area contributed by atoms with Crippen LogP contribution in [0.5, 0.6) is 0 Å². The number of rotatable bonds is 5. The average Bonchev–Trinajstić information content (AvgIpc) is 3.14. The Kier molecular flexibility index (Phi) is 6.09. The summed E-state index contributed by atoms with van der Waals surface area (Å²) in [6, 6.07) is 7.16. The first-order chi connectivity index (χ1) is 14.4. The fourth-order valence-corrected chi connectivity index (χ4v) is 4.35. The van der Waals surface area contributed by atoms with Crippen LogP contribution in [0.4, 0.5) is 13.2 Å². The molecule has 0 atom stereocenters. The van der Waals surface area contributed by atoms with Crippen molar-refractivity contribution in [3.05, 3.63) is 64.5 Å². The molecule has 1 saturated carbocycles. The number of alkyl halides is 3. The lowest BCUT2D eigenvalue weighted by molar-refractivity contribution is -0.137. The molecule has 0 saturated heterocycles. The maximum atomic E-state index is 12.7. The minimum atomic E-state index is -4.32. The Morgan fingerprint density at radius 2 is 1.83 bits per heavy atom. The summed E-state index contributed by atoms with van der Waals surface area (Å²) in [5, 5.41) is 3.04. The summed E-state index contributed by atoms with van der Waals surface area (Å²) in [6.07, 6.45) is 3.45. The molecule has 4 rings (SSSR count). The first-order valence-electron chi connectivity index (χ1n) is 10.5. The molecule has 1 aliphatic carbocycles. The van der Waals surface area contributed by atoms with Gasteiger partial charge in [0.1, 0.15) is 0 Å². The number of benzene rings is 1. The number of hydrogen-bond acceptors (Lipinski definition) is 3. The van der Waals surface area contributed by atoms with Gasteiger partial charge in [0.05, 0.1) is 16.8 Å². The van der Waals surface area contributed by atoms with Crippen LogP contribution in [0.25, 0.3) is 0 Å². The van der Waals surface area contributed by atoms with E-state index in [9.17, 15) is 18.0 Å². The second kappa shape index (κ2) is 8.76. The van der Waals surface area contributed by atoms with Crippen LogP contribution in [0.2, 0.25) is 0 Å². The Morgan fingerprint density at radius 1 is 1.10 bits per heavy atom. The lowest BCUT2D eigenvalue weighted by Gasteiger charge is -2.21. The smallest absolute Gasteiger partial charge is 0.352 e. The van der Waals surface area contributed by atoms with Gasteiger partial charge in [0.25, 0.3) is 5.91 Å². The van der Waals surface area contributed by atoms with E-state index in [1.54, 1.807) is 6.20 Å². The minimum absolute atomic E-state index is 0.0861. The van der Waals surface area contributed by atoms with Crippen molar-refractivity contribution in [3.63, 3.8) is 0 Å². The number of nitrogens with zero attached hydrogens (tertiary/aromatic N) is 2. The fraction of sp³-hybridized carbons (Fsp3) is 0.478. The highest BCUT2D eigenvalue weighted by molar-refractivity contribution is 5.94.